The van der Waals surface area contributed by atoms with E-state index in [1.807, 2.05) is 17.5 Å². The Bertz CT molecular complexity index is 906. The quantitative estimate of drug-likeness (QED) is 0.692. The van der Waals surface area contributed by atoms with Crippen molar-refractivity contribution < 1.29 is 18.1 Å². The van der Waals surface area contributed by atoms with E-state index >= 15 is 0 Å². The van der Waals surface area contributed by atoms with Crippen molar-refractivity contribution in [3.63, 3.8) is 0 Å². The van der Waals surface area contributed by atoms with Crippen molar-refractivity contribution in [2.45, 2.75) is 18.8 Å². The molecule has 3 aromatic rings. The zero-order chi connectivity index (χ0) is 18.1. The number of likely N-dealkylation sites (tertiary alicyclic amines) is 1. The van der Waals surface area contributed by atoms with E-state index in [1.54, 1.807) is 0 Å². The third-order valence-electron chi connectivity index (χ3n) is 4.42. The van der Waals surface area contributed by atoms with Gasteiger partial charge in [0.15, 0.2) is 0 Å². The summed E-state index contributed by atoms with van der Waals surface area (Å²) in [5.74, 6) is -1.55. The molecule has 0 bridgehead atoms. The predicted octanol–water partition coefficient (Wildman–Crippen LogP) is 4.10. The minimum atomic E-state index is -0.852. The molecular weight excluding hydrogens is 360 g/mol. The smallest absolute Gasteiger partial charge is 0.259 e. The number of halogens is 2. The number of carbonyl (C=O) groups excluding carboxylic acids is 1. The van der Waals surface area contributed by atoms with Gasteiger partial charge < -0.3 is 9.42 Å². The van der Waals surface area contributed by atoms with Gasteiger partial charge in [0.25, 0.3) is 5.91 Å². The van der Waals surface area contributed by atoms with Crippen LogP contribution in [-0.4, -0.2) is 34.0 Å². The first-order chi connectivity index (χ1) is 12.6. The minimum absolute atomic E-state index is 0.149. The van der Waals surface area contributed by atoms with Gasteiger partial charge in [-0.05, 0) is 36.4 Å². The highest BCUT2D eigenvalue weighted by Gasteiger charge is 2.31. The number of hydrogen-bond donors (Lipinski definition) is 0. The number of aromatic nitrogens is 2. The highest BCUT2D eigenvalue weighted by atomic mass is 32.1. The molecule has 1 aliphatic rings. The maximum absolute atomic E-state index is 13.9. The van der Waals surface area contributed by atoms with Gasteiger partial charge in [-0.15, -0.1) is 11.3 Å². The zero-order valence-corrected chi connectivity index (χ0v) is 14.5. The lowest BCUT2D eigenvalue weighted by atomic mass is 9.97. The summed E-state index contributed by atoms with van der Waals surface area (Å²) in [5.41, 5.74) is -0.516. The molecule has 26 heavy (non-hydrogen) atoms. The van der Waals surface area contributed by atoms with Crippen LogP contribution in [0.2, 0.25) is 0 Å². The van der Waals surface area contributed by atoms with E-state index in [-0.39, 0.29) is 5.92 Å². The topological polar surface area (TPSA) is 59.2 Å². The SMILES string of the molecule is O=C(c1c(F)cccc1F)N1CCC[C@H](c2nc(-c3cccs3)no2)C1. The van der Waals surface area contributed by atoms with Gasteiger partial charge in [0, 0.05) is 13.1 Å². The van der Waals surface area contributed by atoms with E-state index in [1.165, 1.54) is 22.3 Å². The minimum Gasteiger partial charge on any atom is -0.339 e. The average molecular weight is 375 g/mol. The third kappa shape index (κ3) is 3.12. The molecule has 1 amide bonds. The Morgan fingerprint density at radius 3 is 2.77 bits per heavy atom. The molecule has 4 rings (SSSR count). The lowest BCUT2D eigenvalue weighted by molar-refractivity contribution is 0.0686. The van der Waals surface area contributed by atoms with Crippen LogP contribution in [0.15, 0.2) is 40.2 Å². The van der Waals surface area contributed by atoms with Crippen LogP contribution >= 0.6 is 11.3 Å². The van der Waals surface area contributed by atoms with Gasteiger partial charge >= 0.3 is 0 Å². The number of benzene rings is 1. The van der Waals surface area contributed by atoms with Crippen LogP contribution in [0, 0.1) is 11.6 Å². The summed E-state index contributed by atoms with van der Waals surface area (Å²) in [6, 6.07) is 7.22. The van der Waals surface area contributed by atoms with Crippen LogP contribution in [0.3, 0.4) is 0 Å². The van der Waals surface area contributed by atoms with Gasteiger partial charge in [-0.2, -0.15) is 4.98 Å². The molecule has 1 saturated heterocycles. The predicted molar refractivity (Wildman–Crippen MR) is 91.8 cm³/mol. The number of nitrogens with zero attached hydrogens (tertiary/aromatic N) is 3. The summed E-state index contributed by atoms with van der Waals surface area (Å²) in [6.45, 7) is 0.730. The van der Waals surface area contributed by atoms with Gasteiger partial charge in [-0.1, -0.05) is 17.3 Å². The third-order valence-corrected chi connectivity index (χ3v) is 5.28. The lowest BCUT2D eigenvalue weighted by Crippen LogP contribution is -2.40. The van der Waals surface area contributed by atoms with Crippen LogP contribution in [0.25, 0.3) is 10.7 Å². The summed E-state index contributed by atoms with van der Waals surface area (Å²) < 4.78 is 33.2. The van der Waals surface area contributed by atoms with Crippen molar-refractivity contribution in [1.29, 1.82) is 0 Å². The van der Waals surface area contributed by atoms with Crippen molar-refractivity contribution in [1.82, 2.24) is 15.0 Å². The molecule has 2 aromatic heterocycles. The molecule has 0 unspecified atom stereocenters. The lowest BCUT2D eigenvalue weighted by Gasteiger charge is -2.31. The Hall–Kier alpha value is -2.61. The monoisotopic (exact) mass is 375 g/mol. The standard InChI is InChI=1S/C18H15F2N3O2S/c19-12-5-1-6-13(20)15(12)18(24)23-8-2-4-11(10-23)17-21-16(22-25-17)14-7-3-9-26-14/h1,3,5-7,9,11H,2,4,8,10H2/t11-/m0/s1. The molecule has 0 aliphatic carbocycles. The Morgan fingerprint density at radius 2 is 2.04 bits per heavy atom. The second kappa shape index (κ2) is 6.95. The fourth-order valence-electron chi connectivity index (χ4n) is 3.13. The number of hydrogen-bond acceptors (Lipinski definition) is 5. The van der Waals surface area contributed by atoms with E-state index in [4.69, 9.17) is 4.52 Å². The molecule has 8 heteroatoms. The van der Waals surface area contributed by atoms with Gasteiger partial charge in [0.1, 0.15) is 17.2 Å². The summed E-state index contributed by atoms with van der Waals surface area (Å²) in [4.78, 5) is 19.4. The van der Waals surface area contributed by atoms with Crippen LogP contribution < -0.4 is 0 Å². The molecule has 0 radical (unpaired) electrons. The molecule has 0 spiro atoms. The van der Waals surface area contributed by atoms with Gasteiger partial charge in [-0.25, -0.2) is 8.78 Å². The van der Waals surface area contributed by atoms with E-state index in [9.17, 15) is 13.6 Å². The fourth-order valence-corrected chi connectivity index (χ4v) is 3.78. The molecule has 134 valence electrons. The molecule has 0 N–H and O–H groups in total. The van der Waals surface area contributed by atoms with Crippen molar-refractivity contribution >= 4 is 17.2 Å². The maximum Gasteiger partial charge on any atom is 0.259 e. The number of rotatable bonds is 3. The van der Waals surface area contributed by atoms with Gasteiger partial charge in [-0.3, -0.25) is 4.79 Å². The molecule has 1 fully saturated rings. The average Bonchev–Trinajstić information content (AvgIpc) is 3.33. The van der Waals surface area contributed by atoms with Crippen molar-refractivity contribution in [2.75, 3.05) is 13.1 Å². The van der Waals surface area contributed by atoms with Crippen molar-refractivity contribution in [2.24, 2.45) is 0 Å². The molecule has 5 nitrogen and oxygen atoms in total. The second-order valence-corrected chi connectivity index (χ2v) is 7.07. The van der Waals surface area contributed by atoms with Crippen LogP contribution in [0.1, 0.15) is 35.0 Å². The maximum atomic E-state index is 13.9. The second-order valence-electron chi connectivity index (χ2n) is 6.12. The first-order valence-electron chi connectivity index (χ1n) is 8.24. The number of piperidine rings is 1. The van der Waals surface area contributed by atoms with Crippen LogP contribution in [0.5, 0.6) is 0 Å². The van der Waals surface area contributed by atoms with E-state index in [0.29, 0.717) is 31.2 Å². The van der Waals surface area contributed by atoms with Crippen LogP contribution in [0.4, 0.5) is 8.78 Å². The van der Waals surface area contributed by atoms with Crippen molar-refractivity contribution in [3.05, 3.63) is 58.8 Å². The first-order valence-corrected chi connectivity index (χ1v) is 9.12. The van der Waals surface area contributed by atoms with E-state index < -0.39 is 23.1 Å². The normalized spacial score (nSPS) is 17.5. The molecule has 1 atom stereocenters. The molecule has 1 aliphatic heterocycles. The highest BCUT2D eigenvalue weighted by Crippen LogP contribution is 2.30. The summed E-state index contributed by atoms with van der Waals surface area (Å²) >= 11 is 1.51. The van der Waals surface area contributed by atoms with Crippen molar-refractivity contribution in [3.8, 4) is 10.7 Å². The largest absolute Gasteiger partial charge is 0.339 e. The summed E-state index contributed by atoms with van der Waals surface area (Å²) in [5, 5.41) is 5.92. The first kappa shape index (κ1) is 16.8. The summed E-state index contributed by atoms with van der Waals surface area (Å²) in [7, 11) is 0. The molecule has 0 saturated carbocycles. The molecule has 3 heterocycles. The number of amides is 1. The van der Waals surface area contributed by atoms with E-state index in [0.717, 1.165) is 23.4 Å². The summed E-state index contributed by atoms with van der Waals surface area (Å²) in [6.07, 6.45) is 1.47. The zero-order valence-electron chi connectivity index (χ0n) is 13.7. The fraction of sp³-hybridized carbons (Fsp3) is 0.278. The Labute approximate surface area is 152 Å². The number of carbonyl (C=O) groups is 1. The molecular formula is C18H15F2N3O2S. The Morgan fingerprint density at radius 1 is 1.23 bits per heavy atom. The molecule has 1 aromatic carbocycles. The van der Waals surface area contributed by atoms with Gasteiger partial charge in [0.2, 0.25) is 11.7 Å². The van der Waals surface area contributed by atoms with Gasteiger partial charge in [0.05, 0.1) is 10.8 Å². The van der Waals surface area contributed by atoms with Crippen LogP contribution in [-0.2, 0) is 0 Å². The highest BCUT2D eigenvalue weighted by molar-refractivity contribution is 7.13. The number of thiophene rings is 1. The Balaban J connectivity index is 1.54. The Kier molecular flexibility index (Phi) is 4.50. The van der Waals surface area contributed by atoms with E-state index in [2.05, 4.69) is 10.1 Å².